The average Bonchev–Trinajstić information content (AvgIpc) is 1.79. The summed E-state index contributed by atoms with van der Waals surface area (Å²) in [4.78, 5) is 0. The molecule has 0 saturated carbocycles. The molecule has 0 radical (unpaired) electrons. The number of nitrogens with one attached hydrogen (secondary N) is 1. The Kier molecular flexibility index (Phi) is 1.66. The lowest BCUT2D eigenvalue weighted by Gasteiger charge is -2.28. The molecule has 2 rings (SSSR count). The van der Waals surface area contributed by atoms with Gasteiger partial charge in [0.25, 0.3) is 0 Å². The molecule has 1 aliphatic heterocycles. The Morgan fingerprint density at radius 1 is 1.17 bits per heavy atom. The van der Waals surface area contributed by atoms with Crippen molar-refractivity contribution in [1.29, 1.82) is 0 Å². The molecule has 0 bridgehead atoms. The van der Waals surface area contributed by atoms with Gasteiger partial charge in [0, 0.05) is 12.1 Å². The predicted molar refractivity (Wildman–Crippen MR) is 45.1 cm³/mol. The first-order valence-corrected chi connectivity index (χ1v) is 4.02. The molecule has 0 amide bonds. The van der Waals surface area contributed by atoms with Gasteiger partial charge in [-0.1, -0.05) is 0 Å². The fourth-order valence-electron chi connectivity index (χ4n) is 1.39. The molecular formula is C9H11NO2. The third kappa shape index (κ3) is 1.23. The zero-order valence-electron chi connectivity index (χ0n) is 6.62. The minimum absolute atomic E-state index is 0.124. The van der Waals surface area contributed by atoms with E-state index in [2.05, 4.69) is 5.32 Å². The van der Waals surface area contributed by atoms with Gasteiger partial charge in [-0.3, -0.25) is 0 Å². The first-order chi connectivity index (χ1) is 5.75. The Labute approximate surface area is 70.7 Å². The maximum atomic E-state index is 9.17. The van der Waals surface area contributed by atoms with Crippen LogP contribution in [0, 0.1) is 0 Å². The summed E-state index contributed by atoms with van der Waals surface area (Å²) in [6.07, 6.45) is 1.07. The number of phenols is 2. The Morgan fingerprint density at radius 3 is 2.17 bits per heavy atom. The van der Waals surface area contributed by atoms with Crippen molar-refractivity contribution < 1.29 is 10.2 Å². The van der Waals surface area contributed by atoms with Gasteiger partial charge in [0.15, 0.2) is 0 Å². The highest BCUT2D eigenvalue weighted by atomic mass is 16.3. The maximum absolute atomic E-state index is 9.17. The van der Waals surface area contributed by atoms with Gasteiger partial charge in [-0.05, 0) is 30.7 Å². The van der Waals surface area contributed by atoms with Crippen LogP contribution >= 0.6 is 0 Å². The number of hydrogen-bond acceptors (Lipinski definition) is 3. The molecule has 1 atom stereocenters. The highest BCUT2D eigenvalue weighted by Crippen LogP contribution is 2.29. The van der Waals surface area contributed by atoms with Crippen LogP contribution in [0.25, 0.3) is 0 Å². The van der Waals surface area contributed by atoms with Crippen LogP contribution in [0.5, 0.6) is 11.5 Å². The second kappa shape index (κ2) is 2.68. The molecule has 0 aliphatic carbocycles. The van der Waals surface area contributed by atoms with Crippen LogP contribution in [-0.2, 0) is 0 Å². The zero-order valence-corrected chi connectivity index (χ0v) is 6.62. The van der Waals surface area contributed by atoms with Crippen molar-refractivity contribution in [2.45, 2.75) is 12.5 Å². The Balaban J connectivity index is 2.30. The van der Waals surface area contributed by atoms with Crippen LogP contribution in [-0.4, -0.2) is 16.8 Å². The number of hydrogen-bond donors (Lipinski definition) is 3. The standard InChI is InChI=1S/C9H11NO2/c11-7-3-6(4-8(12)5-7)9-1-2-10-9/h3-5,9-12H,1-2H2. The molecule has 3 nitrogen and oxygen atoms in total. The highest BCUT2D eigenvalue weighted by Gasteiger charge is 2.19. The summed E-state index contributed by atoms with van der Waals surface area (Å²) in [5.74, 6) is 0.248. The fraction of sp³-hybridized carbons (Fsp3) is 0.333. The largest absolute Gasteiger partial charge is 0.508 e. The number of phenolic OH excluding ortho intramolecular Hbond substituents is 2. The maximum Gasteiger partial charge on any atom is 0.119 e. The van der Waals surface area contributed by atoms with Gasteiger partial charge >= 0.3 is 0 Å². The third-order valence-corrected chi connectivity index (χ3v) is 2.15. The van der Waals surface area contributed by atoms with E-state index in [1.165, 1.54) is 6.07 Å². The lowest BCUT2D eigenvalue weighted by molar-refractivity contribution is 0.377. The van der Waals surface area contributed by atoms with Gasteiger partial charge in [-0.15, -0.1) is 0 Å². The molecule has 64 valence electrons. The van der Waals surface area contributed by atoms with E-state index in [9.17, 15) is 10.2 Å². The molecule has 0 spiro atoms. The normalized spacial score (nSPS) is 21.8. The molecule has 1 heterocycles. The molecule has 1 aromatic carbocycles. The summed E-state index contributed by atoms with van der Waals surface area (Å²) in [6.45, 7) is 1.01. The molecule has 1 unspecified atom stereocenters. The number of benzene rings is 1. The van der Waals surface area contributed by atoms with E-state index in [4.69, 9.17) is 0 Å². The lowest BCUT2D eigenvalue weighted by atomic mass is 9.98. The molecule has 1 fully saturated rings. The van der Waals surface area contributed by atoms with E-state index in [0.29, 0.717) is 6.04 Å². The minimum atomic E-state index is 0.124. The summed E-state index contributed by atoms with van der Waals surface area (Å²) in [5, 5.41) is 21.5. The van der Waals surface area contributed by atoms with Crippen molar-refractivity contribution in [3.63, 3.8) is 0 Å². The lowest BCUT2D eigenvalue weighted by Crippen LogP contribution is -2.34. The van der Waals surface area contributed by atoms with Crippen LogP contribution in [0.1, 0.15) is 18.0 Å². The van der Waals surface area contributed by atoms with Crippen molar-refractivity contribution in [3.8, 4) is 11.5 Å². The first-order valence-electron chi connectivity index (χ1n) is 4.02. The van der Waals surface area contributed by atoms with Crippen molar-refractivity contribution in [2.75, 3.05) is 6.54 Å². The Morgan fingerprint density at radius 2 is 1.75 bits per heavy atom. The van der Waals surface area contributed by atoms with E-state index in [0.717, 1.165) is 18.5 Å². The molecule has 1 aliphatic rings. The molecule has 1 aromatic rings. The molecule has 3 N–H and O–H groups in total. The van der Waals surface area contributed by atoms with Gasteiger partial charge < -0.3 is 15.5 Å². The van der Waals surface area contributed by atoms with Crippen LogP contribution in [0.3, 0.4) is 0 Å². The summed E-state index contributed by atoms with van der Waals surface area (Å²) >= 11 is 0. The molecular weight excluding hydrogens is 154 g/mol. The topological polar surface area (TPSA) is 52.5 Å². The Bertz CT molecular complexity index is 274. The molecule has 1 saturated heterocycles. The monoisotopic (exact) mass is 165 g/mol. The quantitative estimate of drug-likeness (QED) is 0.584. The zero-order chi connectivity index (χ0) is 8.55. The first kappa shape index (κ1) is 7.43. The number of aromatic hydroxyl groups is 2. The van der Waals surface area contributed by atoms with Crippen molar-refractivity contribution in [1.82, 2.24) is 5.32 Å². The van der Waals surface area contributed by atoms with Crippen LogP contribution in [0.4, 0.5) is 0 Å². The van der Waals surface area contributed by atoms with Crippen LogP contribution < -0.4 is 5.32 Å². The van der Waals surface area contributed by atoms with Crippen LogP contribution in [0.15, 0.2) is 18.2 Å². The third-order valence-electron chi connectivity index (χ3n) is 2.15. The van der Waals surface area contributed by atoms with Crippen molar-refractivity contribution >= 4 is 0 Å². The molecule has 0 aromatic heterocycles. The van der Waals surface area contributed by atoms with E-state index in [1.54, 1.807) is 12.1 Å². The predicted octanol–water partition coefficient (Wildman–Crippen LogP) is 1.13. The molecule has 12 heavy (non-hydrogen) atoms. The van der Waals surface area contributed by atoms with Gasteiger partial charge in [-0.2, -0.15) is 0 Å². The van der Waals surface area contributed by atoms with Gasteiger partial charge in [0.1, 0.15) is 11.5 Å². The second-order valence-electron chi connectivity index (χ2n) is 3.08. The van der Waals surface area contributed by atoms with Crippen molar-refractivity contribution in [2.24, 2.45) is 0 Å². The SMILES string of the molecule is Oc1cc(O)cc(C2CCN2)c1. The average molecular weight is 165 g/mol. The minimum Gasteiger partial charge on any atom is -0.508 e. The van der Waals surface area contributed by atoms with E-state index in [1.807, 2.05) is 0 Å². The van der Waals surface area contributed by atoms with Crippen molar-refractivity contribution in [3.05, 3.63) is 23.8 Å². The van der Waals surface area contributed by atoms with Gasteiger partial charge in [-0.25, -0.2) is 0 Å². The van der Waals surface area contributed by atoms with E-state index in [-0.39, 0.29) is 11.5 Å². The van der Waals surface area contributed by atoms with Gasteiger partial charge in [0.05, 0.1) is 0 Å². The summed E-state index contributed by atoms with van der Waals surface area (Å²) in [5.41, 5.74) is 0.957. The second-order valence-corrected chi connectivity index (χ2v) is 3.08. The highest BCUT2D eigenvalue weighted by molar-refractivity contribution is 5.38. The number of rotatable bonds is 1. The summed E-state index contributed by atoms with van der Waals surface area (Å²) < 4.78 is 0. The smallest absolute Gasteiger partial charge is 0.119 e. The fourth-order valence-corrected chi connectivity index (χ4v) is 1.39. The van der Waals surface area contributed by atoms with Gasteiger partial charge in [0.2, 0.25) is 0 Å². The summed E-state index contributed by atoms with van der Waals surface area (Å²) in [6, 6.07) is 5.00. The molecule has 3 heteroatoms. The summed E-state index contributed by atoms with van der Waals surface area (Å²) in [7, 11) is 0. The van der Waals surface area contributed by atoms with E-state index < -0.39 is 0 Å². The van der Waals surface area contributed by atoms with Crippen LogP contribution in [0.2, 0.25) is 0 Å². The van der Waals surface area contributed by atoms with E-state index >= 15 is 0 Å². The Hall–Kier alpha value is -1.22.